The molecule has 1 fully saturated rings. The summed E-state index contributed by atoms with van der Waals surface area (Å²) in [6, 6.07) is -0.309. The van der Waals surface area contributed by atoms with Crippen LogP contribution in [-0.4, -0.2) is 39.1 Å². The highest BCUT2D eigenvalue weighted by Gasteiger charge is 2.49. The lowest BCUT2D eigenvalue weighted by Gasteiger charge is -2.34. The largest absolute Gasteiger partial charge is 0.479 e. The minimum atomic E-state index is -1.04. The van der Waals surface area contributed by atoms with Gasteiger partial charge in [0.25, 0.3) is 0 Å². The van der Waals surface area contributed by atoms with Gasteiger partial charge in [-0.05, 0) is 26.2 Å². The number of rotatable bonds is 5. The molecular formula is C14H21N3O3S. The van der Waals surface area contributed by atoms with Crippen molar-refractivity contribution in [3.8, 4) is 0 Å². The third-order valence-electron chi connectivity index (χ3n) is 3.86. The van der Waals surface area contributed by atoms with E-state index in [2.05, 4.69) is 10.3 Å². The monoisotopic (exact) mass is 311 g/mol. The normalized spacial score (nSPS) is 21.5. The number of aryl methyl sites for hydroxylation is 1. The van der Waals surface area contributed by atoms with Crippen LogP contribution in [0.1, 0.15) is 42.5 Å². The molecule has 1 atom stereocenters. The molecule has 2 N–H and O–H groups in total. The van der Waals surface area contributed by atoms with Gasteiger partial charge >= 0.3 is 12.0 Å². The maximum atomic E-state index is 12.3. The SMILES string of the molecule is CCCC1(C(=O)O)CCCN1C(=O)NCc1ncc(C)s1. The number of nitrogens with zero attached hydrogens (tertiary/aromatic N) is 2. The minimum Gasteiger partial charge on any atom is -0.479 e. The summed E-state index contributed by atoms with van der Waals surface area (Å²) in [6.07, 6.45) is 4.25. The van der Waals surface area contributed by atoms with E-state index in [9.17, 15) is 14.7 Å². The van der Waals surface area contributed by atoms with Crippen LogP contribution in [0.2, 0.25) is 0 Å². The molecule has 2 rings (SSSR count). The quantitative estimate of drug-likeness (QED) is 0.874. The Morgan fingerprint density at radius 1 is 1.57 bits per heavy atom. The number of urea groups is 1. The van der Waals surface area contributed by atoms with E-state index >= 15 is 0 Å². The molecule has 0 aromatic carbocycles. The maximum absolute atomic E-state index is 12.3. The van der Waals surface area contributed by atoms with Crippen molar-refractivity contribution in [3.05, 3.63) is 16.1 Å². The number of hydrogen-bond acceptors (Lipinski definition) is 4. The van der Waals surface area contributed by atoms with Gasteiger partial charge in [0, 0.05) is 17.6 Å². The molecule has 7 heteroatoms. The van der Waals surface area contributed by atoms with E-state index in [-0.39, 0.29) is 6.03 Å². The van der Waals surface area contributed by atoms with Crippen LogP contribution >= 0.6 is 11.3 Å². The molecular weight excluding hydrogens is 290 g/mol. The van der Waals surface area contributed by atoms with E-state index in [0.717, 1.165) is 22.7 Å². The Kier molecular flexibility index (Phi) is 4.82. The second-order valence-corrected chi connectivity index (χ2v) is 6.68. The van der Waals surface area contributed by atoms with E-state index in [1.165, 1.54) is 16.2 Å². The molecule has 116 valence electrons. The van der Waals surface area contributed by atoms with Gasteiger partial charge in [0.15, 0.2) is 0 Å². The van der Waals surface area contributed by atoms with E-state index in [0.29, 0.717) is 25.9 Å². The van der Waals surface area contributed by atoms with Gasteiger partial charge in [-0.15, -0.1) is 11.3 Å². The van der Waals surface area contributed by atoms with Gasteiger partial charge in [-0.2, -0.15) is 0 Å². The molecule has 0 radical (unpaired) electrons. The molecule has 1 saturated heterocycles. The van der Waals surface area contributed by atoms with Gasteiger partial charge < -0.3 is 15.3 Å². The number of aliphatic carboxylic acids is 1. The van der Waals surface area contributed by atoms with Crippen molar-refractivity contribution in [2.75, 3.05) is 6.54 Å². The van der Waals surface area contributed by atoms with Crippen molar-refractivity contribution in [1.82, 2.24) is 15.2 Å². The van der Waals surface area contributed by atoms with E-state index < -0.39 is 11.5 Å². The standard InChI is InChI=1S/C14H21N3O3S/c1-3-5-14(12(18)19)6-4-7-17(14)13(20)16-9-11-15-8-10(2)21-11/h8H,3-7,9H2,1-2H3,(H,16,20)(H,18,19). The van der Waals surface area contributed by atoms with E-state index in [4.69, 9.17) is 0 Å². The molecule has 6 nitrogen and oxygen atoms in total. The Morgan fingerprint density at radius 3 is 2.90 bits per heavy atom. The van der Waals surface area contributed by atoms with Crippen LogP contribution in [-0.2, 0) is 11.3 Å². The van der Waals surface area contributed by atoms with Crippen molar-refractivity contribution in [2.45, 2.75) is 51.6 Å². The van der Waals surface area contributed by atoms with Crippen molar-refractivity contribution in [3.63, 3.8) is 0 Å². The van der Waals surface area contributed by atoms with Crippen LogP contribution in [0.5, 0.6) is 0 Å². The third kappa shape index (κ3) is 3.18. The number of thiazole rings is 1. The fraction of sp³-hybridized carbons (Fsp3) is 0.643. The van der Waals surface area contributed by atoms with Crippen LogP contribution in [0, 0.1) is 6.92 Å². The summed E-state index contributed by atoms with van der Waals surface area (Å²) < 4.78 is 0. The first-order valence-corrected chi connectivity index (χ1v) is 8.01. The summed E-state index contributed by atoms with van der Waals surface area (Å²) in [5.41, 5.74) is -1.04. The van der Waals surface area contributed by atoms with Crippen LogP contribution in [0.25, 0.3) is 0 Å². The summed E-state index contributed by atoms with van der Waals surface area (Å²) in [6.45, 7) is 4.74. The number of hydrogen-bond donors (Lipinski definition) is 2. The van der Waals surface area contributed by atoms with Crippen molar-refractivity contribution < 1.29 is 14.7 Å². The highest BCUT2D eigenvalue weighted by atomic mass is 32.1. The molecule has 2 heterocycles. The van der Waals surface area contributed by atoms with Gasteiger partial charge in [0.05, 0.1) is 6.54 Å². The lowest BCUT2D eigenvalue weighted by molar-refractivity contribution is -0.148. The fourth-order valence-electron chi connectivity index (χ4n) is 2.91. The summed E-state index contributed by atoms with van der Waals surface area (Å²) in [5, 5.41) is 13.2. The van der Waals surface area contributed by atoms with Crippen LogP contribution in [0.3, 0.4) is 0 Å². The lowest BCUT2D eigenvalue weighted by atomic mass is 9.91. The zero-order chi connectivity index (χ0) is 15.5. The first kappa shape index (κ1) is 15.8. The summed E-state index contributed by atoms with van der Waals surface area (Å²) in [4.78, 5) is 30.8. The lowest BCUT2D eigenvalue weighted by Crippen LogP contribution is -2.55. The number of carbonyl (C=O) groups is 2. The molecule has 2 amide bonds. The maximum Gasteiger partial charge on any atom is 0.329 e. The zero-order valence-corrected chi connectivity index (χ0v) is 13.2. The Labute approximate surface area is 128 Å². The Balaban J connectivity index is 2.04. The first-order chi connectivity index (χ1) is 9.99. The van der Waals surface area contributed by atoms with Gasteiger partial charge in [-0.1, -0.05) is 13.3 Å². The van der Waals surface area contributed by atoms with Crippen molar-refractivity contribution >= 4 is 23.3 Å². The summed E-state index contributed by atoms with van der Waals surface area (Å²) in [5.74, 6) is -0.901. The average molecular weight is 311 g/mol. The summed E-state index contributed by atoms with van der Waals surface area (Å²) in [7, 11) is 0. The Morgan fingerprint density at radius 2 is 2.33 bits per heavy atom. The van der Waals surface area contributed by atoms with E-state index in [1.807, 2.05) is 13.8 Å². The number of carboxylic acids is 1. The zero-order valence-electron chi connectivity index (χ0n) is 12.4. The molecule has 1 aliphatic rings. The predicted octanol–water partition coefficient (Wildman–Crippen LogP) is 2.38. The molecule has 1 unspecified atom stereocenters. The van der Waals surface area contributed by atoms with Crippen LogP contribution in [0.15, 0.2) is 6.20 Å². The first-order valence-electron chi connectivity index (χ1n) is 7.20. The average Bonchev–Trinajstić information content (AvgIpc) is 3.04. The number of amides is 2. The predicted molar refractivity (Wildman–Crippen MR) is 80.3 cm³/mol. The number of aromatic nitrogens is 1. The molecule has 0 spiro atoms. The Bertz CT molecular complexity index is 531. The van der Waals surface area contributed by atoms with Gasteiger partial charge in [0.2, 0.25) is 0 Å². The molecule has 1 aromatic rings. The number of carboxylic acid groups (broad SMARTS) is 1. The highest BCUT2D eigenvalue weighted by Crippen LogP contribution is 2.34. The van der Waals surface area contributed by atoms with E-state index in [1.54, 1.807) is 6.20 Å². The second-order valence-electron chi connectivity index (χ2n) is 5.37. The molecule has 0 aliphatic carbocycles. The smallest absolute Gasteiger partial charge is 0.329 e. The fourth-order valence-corrected chi connectivity index (χ4v) is 3.63. The third-order valence-corrected chi connectivity index (χ3v) is 4.77. The molecule has 0 saturated carbocycles. The molecule has 1 aliphatic heterocycles. The minimum absolute atomic E-state index is 0.309. The molecule has 1 aromatic heterocycles. The van der Waals surface area contributed by atoms with Gasteiger partial charge in [0.1, 0.15) is 10.5 Å². The van der Waals surface area contributed by atoms with Crippen molar-refractivity contribution in [1.29, 1.82) is 0 Å². The molecule has 21 heavy (non-hydrogen) atoms. The van der Waals surface area contributed by atoms with Gasteiger partial charge in [-0.3, -0.25) is 0 Å². The van der Waals surface area contributed by atoms with Crippen molar-refractivity contribution in [2.24, 2.45) is 0 Å². The Hall–Kier alpha value is -1.63. The number of likely N-dealkylation sites (tertiary alicyclic amines) is 1. The summed E-state index contributed by atoms with van der Waals surface area (Å²) >= 11 is 1.53. The van der Waals surface area contributed by atoms with Crippen LogP contribution in [0.4, 0.5) is 4.79 Å². The highest BCUT2D eigenvalue weighted by molar-refractivity contribution is 7.11. The topological polar surface area (TPSA) is 82.5 Å². The number of nitrogens with one attached hydrogen (secondary N) is 1. The second kappa shape index (κ2) is 6.43. The van der Waals surface area contributed by atoms with Gasteiger partial charge in [-0.25, -0.2) is 14.6 Å². The van der Waals surface area contributed by atoms with Crippen LogP contribution < -0.4 is 5.32 Å². The molecule has 0 bridgehead atoms. The number of carbonyl (C=O) groups excluding carboxylic acids is 1.